The molecule has 0 heterocycles. The van der Waals surface area contributed by atoms with Gasteiger partial charge in [0, 0.05) is 6.54 Å². The van der Waals surface area contributed by atoms with Gasteiger partial charge in [0.2, 0.25) is 0 Å². The largest absolute Gasteiger partial charge is 0.496 e. The maximum atomic E-state index is 11.9. The maximum absolute atomic E-state index is 11.9. The molecule has 0 spiro atoms. The van der Waals surface area contributed by atoms with Crippen LogP contribution in [-0.4, -0.2) is 36.2 Å². The zero-order chi connectivity index (χ0) is 16.3. The summed E-state index contributed by atoms with van der Waals surface area (Å²) in [5.41, 5.74) is 2.84. The van der Waals surface area contributed by atoms with E-state index in [9.17, 15) is 9.90 Å². The van der Waals surface area contributed by atoms with Crippen LogP contribution in [0.15, 0.2) is 12.1 Å². The molecule has 1 aliphatic carbocycles. The van der Waals surface area contributed by atoms with Crippen molar-refractivity contribution in [1.29, 1.82) is 0 Å². The van der Waals surface area contributed by atoms with Crippen molar-refractivity contribution in [3.8, 4) is 5.75 Å². The summed E-state index contributed by atoms with van der Waals surface area (Å²) >= 11 is 0. The van der Waals surface area contributed by atoms with E-state index in [0.29, 0.717) is 5.92 Å². The van der Waals surface area contributed by atoms with E-state index in [4.69, 9.17) is 4.74 Å². The Morgan fingerprint density at radius 2 is 1.95 bits per heavy atom. The summed E-state index contributed by atoms with van der Waals surface area (Å²) in [7, 11) is 1.65. The lowest BCUT2D eigenvalue weighted by atomic mass is 9.98. The Hall–Kier alpha value is -1.55. The summed E-state index contributed by atoms with van der Waals surface area (Å²) < 4.78 is 5.39. The third-order valence-electron chi connectivity index (χ3n) is 4.30. The predicted octanol–water partition coefficient (Wildman–Crippen LogP) is 3.56. The average molecular weight is 305 g/mol. The van der Waals surface area contributed by atoms with E-state index in [1.54, 1.807) is 7.11 Å². The highest BCUT2D eigenvalue weighted by atomic mass is 16.5. The van der Waals surface area contributed by atoms with Gasteiger partial charge in [0.1, 0.15) is 11.8 Å². The molecule has 1 unspecified atom stereocenters. The van der Waals surface area contributed by atoms with Crippen molar-refractivity contribution in [2.75, 3.05) is 20.2 Å². The number of carboxylic acid groups (broad SMARTS) is 1. The first-order chi connectivity index (χ1) is 10.5. The highest BCUT2D eigenvalue weighted by Crippen LogP contribution is 2.35. The molecule has 1 aromatic rings. The second-order valence-electron chi connectivity index (χ2n) is 6.37. The molecular weight excluding hydrogens is 278 g/mol. The number of ether oxygens (including phenoxy) is 1. The van der Waals surface area contributed by atoms with Crippen LogP contribution in [0, 0.1) is 19.8 Å². The van der Waals surface area contributed by atoms with Gasteiger partial charge in [0.05, 0.1) is 7.11 Å². The fraction of sp³-hybridized carbons (Fsp3) is 0.611. The standard InChI is InChI=1S/C18H27NO3/c1-5-8-19(11-14-6-7-14)16(18(20)21)15-9-12(2)17(22-4)13(3)10-15/h9-10,14,16H,5-8,11H2,1-4H3,(H,20,21). The fourth-order valence-electron chi connectivity index (χ4n) is 3.22. The van der Waals surface area contributed by atoms with Crippen LogP contribution in [0.5, 0.6) is 5.75 Å². The number of carboxylic acids is 1. The first-order valence-corrected chi connectivity index (χ1v) is 8.09. The van der Waals surface area contributed by atoms with E-state index in [1.807, 2.05) is 26.0 Å². The molecule has 1 saturated carbocycles. The number of nitrogens with zero attached hydrogens (tertiary/aromatic N) is 1. The van der Waals surface area contributed by atoms with Gasteiger partial charge in [-0.2, -0.15) is 0 Å². The van der Waals surface area contributed by atoms with Gasteiger partial charge in [-0.3, -0.25) is 9.69 Å². The number of carbonyl (C=O) groups is 1. The van der Waals surface area contributed by atoms with Gasteiger partial charge in [0.25, 0.3) is 0 Å². The number of aliphatic carboxylic acids is 1. The minimum Gasteiger partial charge on any atom is -0.496 e. The molecule has 2 rings (SSSR count). The zero-order valence-electron chi connectivity index (χ0n) is 14.1. The molecule has 22 heavy (non-hydrogen) atoms. The zero-order valence-corrected chi connectivity index (χ0v) is 14.1. The summed E-state index contributed by atoms with van der Waals surface area (Å²) in [6.45, 7) is 7.74. The lowest BCUT2D eigenvalue weighted by molar-refractivity contribution is -0.143. The van der Waals surface area contributed by atoms with Crippen LogP contribution in [0.4, 0.5) is 0 Å². The van der Waals surface area contributed by atoms with E-state index in [-0.39, 0.29) is 0 Å². The van der Waals surface area contributed by atoms with E-state index in [0.717, 1.165) is 42.0 Å². The molecule has 0 aromatic heterocycles. The van der Waals surface area contributed by atoms with Crippen molar-refractivity contribution < 1.29 is 14.6 Å². The third-order valence-corrected chi connectivity index (χ3v) is 4.30. The molecule has 122 valence electrons. The number of methoxy groups -OCH3 is 1. The Labute approximate surface area is 133 Å². The number of benzene rings is 1. The third kappa shape index (κ3) is 3.80. The molecule has 4 heteroatoms. The van der Waals surface area contributed by atoms with Gasteiger partial charge < -0.3 is 9.84 Å². The van der Waals surface area contributed by atoms with Crippen LogP contribution in [0.3, 0.4) is 0 Å². The van der Waals surface area contributed by atoms with Crippen molar-refractivity contribution in [2.24, 2.45) is 5.92 Å². The minimum absolute atomic E-state index is 0.566. The Balaban J connectivity index is 2.35. The fourth-order valence-corrected chi connectivity index (χ4v) is 3.22. The molecule has 1 N–H and O–H groups in total. The van der Waals surface area contributed by atoms with Crippen LogP contribution in [0.1, 0.15) is 48.9 Å². The quantitative estimate of drug-likeness (QED) is 0.798. The second-order valence-corrected chi connectivity index (χ2v) is 6.37. The van der Waals surface area contributed by atoms with Crippen LogP contribution in [0.25, 0.3) is 0 Å². The summed E-state index contributed by atoms with van der Waals surface area (Å²) in [6.07, 6.45) is 3.42. The van der Waals surface area contributed by atoms with Gasteiger partial charge in [0.15, 0.2) is 0 Å². The molecule has 0 saturated heterocycles. The van der Waals surface area contributed by atoms with Crippen molar-refractivity contribution in [1.82, 2.24) is 4.90 Å². The Kier molecular flexibility index (Phi) is 5.46. The Bertz CT molecular complexity index is 514. The first kappa shape index (κ1) is 16.8. The monoisotopic (exact) mass is 305 g/mol. The van der Waals surface area contributed by atoms with Gasteiger partial charge >= 0.3 is 5.97 Å². The minimum atomic E-state index is -0.766. The molecule has 1 atom stereocenters. The van der Waals surface area contributed by atoms with Crippen molar-refractivity contribution in [3.05, 3.63) is 28.8 Å². The van der Waals surface area contributed by atoms with Gasteiger partial charge in [-0.05, 0) is 62.3 Å². The highest BCUT2D eigenvalue weighted by Gasteiger charge is 2.32. The van der Waals surface area contributed by atoms with Crippen molar-refractivity contribution in [2.45, 2.75) is 46.1 Å². The average Bonchev–Trinajstić information content (AvgIpc) is 3.22. The molecule has 0 aliphatic heterocycles. The lowest BCUT2D eigenvalue weighted by Gasteiger charge is -2.29. The molecule has 0 radical (unpaired) electrons. The van der Waals surface area contributed by atoms with Crippen LogP contribution in [0.2, 0.25) is 0 Å². The molecule has 0 bridgehead atoms. The van der Waals surface area contributed by atoms with Crippen LogP contribution >= 0.6 is 0 Å². The summed E-state index contributed by atoms with van der Waals surface area (Å²) in [6, 6.07) is 3.35. The van der Waals surface area contributed by atoms with E-state index in [1.165, 1.54) is 12.8 Å². The molecule has 4 nitrogen and oxygen atoms in total. The first-order valence-electron chi connectivity index (χ1n) is 8.09. The smallest absolute Gasteiger partial charge is 0.325 e. The van der Waals surface area contributed by atoms with Gasteiger partial charge in [-0.15, -0.1) is 0 Å². The normalized spacial score (nSPS) is 15.9. The SMILES string of the molecule is CCCN(CC1CC1)C(C(=O)O)c1cc(C)c(OC)c(C)c1. The number of hydrogen-bond acceptors (Lipinski definition) is 3. The van der Waals surface area contributed by atoms with E-state index >= 15 is 0 Å². The van der Waals surface area contributed by atoms with Crippen molar-refractivity contribution >= 4 is 5.97 Å². The maximum Gasteiger partial charge on any atom is 0.325 e. The molecule has 0 amide bonds. The van der Waals surface area contributed by atoms with Crippen molar-refractivity contribution in [3.63, 3.8) is 0 Å². The summed E-state index contributed by atoms with van der Waals surface area (Å²) in [5.74, 6) is 0.754. The molecule has 1 aromatic carbocycles. The van der Waals surface area contributed by atoms with E-state index in [2.05, 4.69) is 11.8 Å². The Morgan fingerprint density at radius 3 is 2.36 bits per heavy atom. The van der Waals surface area contributed by atoms with Gasteiger partial charge in [-0.1, -0.05) is 19.1 Å². The molecule has 1 aliphatic rings. The number of aryl methyl sites for hydroxylation is 2. The summed E-state index contributed by atoms with van der Waals surface area (Å²) in [4.78, 5) is 14.0. The topological polar surface area (TPSA) is 49.8 Å². The molecule has 1 fully saturated rings. The summed E-state index contributed by atoms with van der Waals surface area (Å²) in [5, 5.41) is 9.79. The second kappa shape index (κ2) is 7.14. The number of rotatable bonds is 8. The van der Waals surface area contributed by atoms with E-state index < -0.39 is 12.0 Å². The molecular formula is C18H27NO3. The predicted molar refractivity (Wildman–Crippen MR) is 87.4 cm³/mol. The lowest BCUT2D eigenvalue weighted by Crippen LogP contribution is -2.36. The van der Waals surface area contributed by atoms with Crippen LogP contribution < -0.4 is 4.74 Å². The Morgan fingerprint density at radius 1 is 1.36 bits per heavy atom. The number of hydrogen-bond donors (Lipinski definition) is 1. The van der Waals surface area contributed by atoms with Gasteiger partial charge in [-0.25, -0.2) is 0 Å². The van der Waals surface area contributed by atoms with Crippen LogP contribution in [-0.2, 0) is 4.79 Å². The highest BCUT2D eigenvalue weighted by molar-refractivity contribution is 5.76.